The van der Waals surface area contributed by atoms with E-state index in [4.69, 9.17) is 16.3 Å². The second-order valence-corrected chi connectivity index (χ2v) is 12.9. The van der Waals surface area contributed by atoms with Gasteiger partial charge in [0.2, 0.25) is 5.91 Å². The van der Waals surface area contributed by atoms with Crippen molar-refractivity contribution in [1.29, 1.82) is 0 Å². The second-order valence-electron chi connectivity index (χ2n) is 12.5. The lowest BCUT2D eigenvalue weighted by Crippen LogP contribution is -2.48. The topological polar surface area (TPSA) is 60.3 Å². The number of aryl methyl sites for hydroxylation is 2. The van der Waals surface area contributed by atoms with Gasteiger partial charge in [-0.2, -0.15) is 5.10 Å². The number of nitrogens with zero attached hydrogens (tertiary/aromatic N) is 4. The first-order chi connectivity index (χ1) is 19.4. The molecule has 1 saturated heterocycles. The zero-order chi connectivity index (χ0) is 29.3. The lowest BCUT2D eigenvalue weighted by atomic mass is 9.78. The zero-order valence-corrected chi connectivity index (χ0v) is 24.6. The van der Waals surface area contributed by atoms with E-state index >= 15 is 0 Å². The molecule has 3 atom stereocenters. The summed E-state index contributed by atoms with van der Waals surface area (Å²) in [6.45, 7) is 11.3. The van der Waals surface area contributed by atoms with Gasteiger partial charge in [0.1, 0.15) is 23.8 Å². The molecular formula is C32H35ClF2N4O2. The third kappa shape index (κ3) is 4.59. The molecule has 3 heterocycles. The smallest absolute Gasteiger partial charge is 0.226 e. The van der Waals surface area contributed by atoms with Crippen molar-refractivity contribution in [2.75, 3.05) is 13.1 Å². The number of amides is 1. The molecule has 1 amide bonds. The van der Waals surface area contributed by atoms with E-state index in [1.165, 1.54) is 12.1 Å². The first-order valence-corrected chi connectivity index (χ1v) is 14.5. The zero-order valence-electron chi connectivity index (χ0n) is 23.9. The Morgan fingerprint density at radius 2 is 1.88 bits per heavy atom. The predicted molar refractivity (Wildman–Crippen MR) is 152 cm³/mol. The minimum absolute atomic E-state index is 0.0108. The van der Waals surface area contributed by atoms with Crippen molar-refractivity contribution >= 4 is 17.5 Å². The average Bonchev–Trinajstić information content (AvgIpc) is 3.61. The molecule has 3 aliphatic rings. The number of piperidine rings is 1. The normalized spacial score (nSPS) is 23.8. The number of aromatic nitrogens is 3. The van der Waals surface area contributed by atoms with E-state index < -0.39 is 28.6 Å². The highest BCUT2D eigenvalue weighted by Crippen LogP contribution is 2.56. The van der Waals surface area contributed by atoms with Crippen LogP contribution < -0.4 is 0 Å². The maximum absolute atomic E-state index is 14.7. The van der Waals surface area contributed by atoms with Crippen LogP contribution in [0.25, 0.3) is 0 Å². The van der Waals surface area contributed by atoms with Crippen LogP contribution in [0.4, 0.5) is 8.78 Å². The van der Waals surface area contributed by atoms with Crippen LogP contribution in [0.1, 0.15) is 79.6 Å². The molecular weight excluding hydrogens is 546 g/mol. The summed E-state index contributed by atoms with van der Waals surface area (Å²) < 4.78 is 37.1. The van der Waals surface area contributed by atoms with Gasteiger partial charge in [-0.25, -0.2) is 13.8 Å². The van der Waals surface area contributed by atoms with Crippen molar-refractivity contribution < 1.29 is 18.3 Å². The van der Waals surface area contributed by atoms with Crippen molar-refractivity contribution in [3.63, 3.8) is 0 Å². The molecule has 0 N–H and O–H groups in total. The Hall–Kier alpha value is -3.10. The highest BCUT2D eigenvalue weighted by atomic mass is 35.5. The number of rotatable bonds is 4. The highest BCUT2D eigenvalue weighted by molar-refractivity contribution is 6.31. The molecule has 1 spiro atoms. The SMILES string of the molecule is C=C1C[C@@H](C(=O)N2CCC3(CC2)O[C@H](C(C)(C)c2ncnn2C)c2cc(C)c(Cl)cc23)[C@H](c2ccc(F)cc2F)C1. The quantitative estimate of drug-likeness (QED) is 0.323. The maximum atomic E-state index is 14.7. The van der Waals surface area contributed by atoms with Crippen LogP contribution in [0.15, 0.2) is 48.8 Å². The van der Waals surface area contributed by atoms with Crippen molar-refractivity contribution in [2.45, 2.75) is 69.5 Å². The number of carbonyl (C=O) groups excluding carboxylic acids is 1. The largest absolute Gasteiger partial charge is 0.361 e. The number of hydrogen-bond acceptors (Lipinski definition) is 4. The molecule has 1 aliphatic carbocycles. The fourth-order valence-corrected chi connectivity index (χ4v) is 7.45. The fourth-order valence-electron chi connectivity index (χ4n) is 7.29. The number of benzene rings is 2. The van der Waals surface area contributed by atoms with E-state index in [1.807, 2.05) is 24.9 Å². The van der Waals surface area contributed by atoms with Gasteiger partial charge in [-0.1, -0.05) is 35.9 Å². The molecule has 1 saturated carbocycles. The molecule has 2 fully saturated rings. The lowest BCUT2D eigenvalue weighted by Gasteiger charge is -2.42. The van der Waals surface area contributed by atoms with E-state index in [0.717, 1.165) is 34.2 Å². The standard InChI is InChI=1S/C32H35ClF2N4O2/c1-18-12-22(21-7-6-20(34)15-27(21)35)23(13-18)29(40)39-10-8-32(9-11-39)25-16-26(33)19(2)14-24(25)28(41-32)31(3,4)30-36-17-37-38(30)5/h6-7,14-17,22-23,28H,1,8-13H2,2-5H3/t22-,23+,28-/m0/s1. The van der Waals surface area contributed by atoms with Gasteiger partial charge in [-0.3, -0.25) is 9.48 Å². The van der Waals surface area contributed by atoms with Crippen LogP contribution in [0.3, 0.4) is 0 Å². The Labute approximate surface area is 244 Å². The molecule has 0 bridgehead atoms. The number of ether oxygens (including phenoxy) is 1. The van der Waals surface area contributed by atoms with Crippen LogP contribution in [0.5, 0.6) is 0 Å². The number of likely N-dealkylation sites (tertiary alicyclic amines) is 1. The molecule has 0 radical (unpaired) electrons. The van der Waals surface area contributed by atoms with Gasteiger partial charge in [-0.15, -0.1) is 0 Å². The van der Waals surface area contributed by atoms with Gasteiger partial charge in [0.25, 0.3) is 0 Å². The van der Waals surface area contributed by atoms with Gasteiger partial charge < -0.3 is 9.64 Å². The monoisotopic (exact) mass is 580 g/mol. The summed E-state index contributed by atoms with van der Waals surface area (Å²) in [5, 5.41) is 4.98. The van der Waals surface area contributed by atoms with Crippen molar-refractivity contribution in [3.8, 4) is 0 Å². The minimum Gasteiger partial charge on any atom is -0.361 e. The fraction of sp³-hybridized carbons (Fsp3) is 0.469. The second kappa shape index (κ2) is 10.0. The van der Waals surface area contributed by atoms with Crippen LogP contribution in [0, 0.1) is 24.5 Å². The highest BCUT2D eigenvalue weighted by Gasteiger charge is 2.53. The first kappa shape index (κ1) is 28.0. The summed E-state index contributed by atoms with van der Waals surface area (Å²) in [7, 11) is 1.88. The van der Waals surface area contributed by atoms with Crippen molar-refractivity contribution in [3.05, 3.63) is 93.5 Å². The summed E-state index contributed by atoms with van der Waals surface area (Å²) >= 11 is 6.65. The van der Waals surface area contributed by atoms with Gasteiger partial charge in [-0.05, 0) is 80.8 Å². The lowest BCUT2D eigenvalue weighted by molar-refractivity contribution is -0.151. The van der Waals surface area contributed by atoms with E-state index in [9.17, 15) is 13.6 Å². The van der Waals surface area contributed by atoms with Crippen LogP contribution >= 0.6 is 11.6 Å². The molecule has 6 rings (SSSR count). The minimum atomic E-state index is -0.625. The van der Waals surface area contributed by atoms with Gasteiger partial charge in [0, 0.05) is 43.1 Å². The first-order valence-electron chi connectivity index (χ1n) is 14.1. The molecule has 2 aliphatic heterocycles. The summed E-state index contributed by atoms with van der Waals surface area (Å²) in [6, 6.07) is 7.77. The molecule has 216 valence electrons. The number of carbonyl (C=O) groups is 1. The predicted octanol–water partition coefficient (Wildman–Crippen LogP) is 6.67. The average molecular weight is 581 g/mol. The molecule has 3 aromatic rings. The molecule has 0 unspecified atom stereocenters. The number of hydrogen-bond donors (Lipinski definition) is 0. The number of fused-ring (bicyclic) bond motifs is 2. The van der Waals surface area contributed by atoms with Crippen LogP contribution in [0.2, 0.25) is 5.02 Å². The van der Waals surface area contributed by atoms with E-state index in [-0.39, 0.29) is 17.9 Å². The van der Waals surface area contributed by atoms with Gasteiger partial charge in [0.15, 0.2) is 0 Å². The maximum Gasteiger partial charge on any atom is 0.226 e. The Balaban J connectivity index is 1.27. The third-order valence-electron chi connectivity index (χ3n) is 9.46. The third-order valence-corrected chi connectivity index (χ3v) is 9.86. The molecule has 2 aromatic carbocycles. The number of halogens is 3. The van der Waals surface area contributed by atoms with Crippen molar-refractivity contribution in [2.24, 2.45) is 13.0 Å². The Morgan fingerprint density at radius 3 is 2.54 bits per heavy atom. The molecule has 6 nitrogen and oxygen atoms in total. The van der Waals surface area contributed by atoms with Gasteiger partial charge >= 0.3 is 0 Å². The summed E-state index contributed by atoms with van der Waals surface area (Å²) in [5.41, 5.74) is 3.37. The Kier molecular flexibility index (Phi) is 6.85. The van der Waals surface area contributed by atoms with Gasteiger partial charge in [0.05, 0.1) is 17.1 Å². The Bertz CT molecular complexity index is 1540. The summed E-state index contributed by atoms with van der Waals surface area (Å²) in [4.78, 5) is 20.3. The number of allylic oxidation sites excluding steroid dienone is 1. The molecule has 1 aromatic heterocycles. The van der Waals surface area contributed by atoms with Crippen LogP contribution in [-0.4, -0.2) is 38.7 Å². The van der Waals surface area contributed by atoms with E-state index in [0.29, 0.717) is 49.4 Å². The molecule has 41 heavy (non-hydrogen) atoms. The molecule has 9 heteroatoms. The Morgan fingerprint density at radius 1 is 1.15 bits per heavy atom. The van der Waals surface area contributed by atoms with E-state index in [1.54, 1.807) is 11.0 Å². The van der Waals surface area contributed by atoms with Crippen LogP contribution in [-0.2, 0) is 27.6 Å². The van der Waals surface area contributed by atoms with Crippen molar-refractivity contribution in [1.82, 2.24) is 19.7 Å². The summed E-state index contributed by atoms with van der Waals surface area (Å²) in [5.74, 6) is -1.20. The summed E-state index contributed by atoms with van der Waals surface area (Å²) in [6.07, 6.45) is 3.53. The van der Waals surface area contributed by atoms with E-state index in [2.05, 4.69) is 36.6 Å².